The SMILES string of the molecule is CC(C)CCCC(C)C1CCC2[C@@H]3CC=C4C[C@@H](O)CC[C@]4(C)C3CC[C@]12C. The molecule has 3 fully saturated rings. The zero-order valence-electron chi connectivity index (χ0n) is 19.3. The Balaban J connectivity index is 1.49. The van der Waals surface area contributed by atoms with Crippen molar-refractivity contribution < 1.29 is 5.11 Å². The van der Waals surface area contributed by atoms with E-state index >= 15 is 0 Å². The van der Waals surface area contributed by atoms with E-state index in [1.165, 1.54) is 57.8 Å². The van der Waals surface area contributed by atoms with E-state index in [1.54, 1.807) is 5.57 Å². The molecule has 0 saturated heterocycles. The number of rotatable bonds is 5. The molecule has 0 aromatic carbocycles. The van der Waals surface area contributed by atoms with Gasteiger partial charge in [-0.1, -0.05) is 65.5 Å². The van der Waals surface area contributed by atoms with Crippen molar-refractivity contribution in [1.29, 1.82) is 0 Å². The van der Waals surface area contributed by atoms with Crippen molar-refractivity contribution in [3.63, 3.8) is 0 Å². The summed E-state index contributed by atoms with van der Waals surface area (Å²) in [6, 6.07) is 0. The van der Waals surface area contributed by atoms with Crippen LogP contribution in [-0.2, 0) is 0 Å². The normalized spacial score (nSPS) is 46.5. The van der Waals surface area contributed by atoms with E-state index in [2.05, 4.69) is 40.7 Å². The van der Waals surface area contributed by atoms with Crippen LogP contribution in [0.1, 0.15) is 105 Å². The molecule has 4 aliphatic rings. The van der Waals surface area contributed by atoms with Gasteiger partial charge in [0.1, 0.15) is 0 Å². The molecule has 1 N–H and O–H groups in total. The summed E-state index contributed by atoms with van der Waals surface area (Å²) in [4.78, 5) is 0. The monoisotopic (exact) mass is 386 g/mol. The highest BCUT2D eigenvalue weighted by Crippen LogP contribution is 2.67. The van der Waals surface area contributed by atoms with Crippen LogP contribution in [0.4, 0.5) is 0 Å². The van der Waals surface area contributed by atoms with E-state index < -0.39 is 0 Å². The summed E-state index contributed by atoms with van der Waals surface area (Å²) in [5.41, 5.74) is 2.60. The molecule has 0 spiro atoms. The molecule has 1 nitrogen and oxygen atoms in total. The van der Waals surface area contributed by atoms with Crippen LogP contribution < -0.4 is 0 Å². The highest BCUT2D eigenvalue weighted by Gasteiger charge is 2.59. The summed E-state index contributed by atoms with van der Waals surface area (Å²) in [5, 5.41) is 10.2. The van der Waals surface area contributed by atoms with Crippen LogP contribution in [0.15, 0.2) is 11.6 Å². The maximum Gasteiger partial charge on any atom is 0.0577 e. The summed E-state index contributed by atoms with van der Waals surface area (Å²) in [7, 11) is 0. The third-order valence-corrected chi connectivity index (χ3v) is 10.3. The fourth-order valence-electron chi connectivity index (χ4n) is 8.67. The van der Waals surface area contributed by atoms with E-state index in [4.69, 9.17) is 0 Å². The lowest BCUT2D eigenvalue weighted by molar-refractivity contribution is -0.0573. The van der Waals surface area contributed by atoms with Gasteiger partial charge in [0, 0.05) is 0 Å². The Morgan fingerprint density at radius 1 is 1.00 bits per heavy atom. The Labute approximate surface area is 174 Å². The molecule has 0 aromatic heterocycles. The van der Waals surface area contributed by atoms with Gasteiger partial charge >= 0.3 is 0 Å². The molecule has 0 radical (unpaired) electrons. The second-order valence-electron chi connectivity index (χ2n) is 12.2. The highest BCUT2D eigenvalue weighted by molar-refractivity contribution is 5.25. The zero-order chi connectivity index (χ0) is 20.1. The van der Waals surface area contributed by atoms with Crippen LogP contribution in [0.2, 0.25) is 0 Å². The van der Waals surface area contributed by atoms with Crippen LogP contribution in [0.25, 0.3) is 0 Å². The third kappa shape index (κ3) is 3.42. The Morgan fingerprint density at radius 3 is 2.54 bits per heavy atom. The first-order valence-corrected chi connectivity index (χ1v) is 12.6. The lowest BCUT2D eigenvalue weighted by atomic mass is 9.47. The zero-order valence-corrected chi connectivity index (χ0v) is 19.3. The Hall–Kier alpha value is -0.300. The Kier molecular flexibility index (Phi) is 5.80. The van der Waals surface area contributed by atoms with Crippen LogP contribution in [0.5, 0.6) is 0 Å². The van der Waals surface area contributed by atoms with Gasteiger partial charge in [0.2, 0.25) is 0 Å². The largest absolute Gasteiger partial charge is 0.393 e. The minimum absolute atomic E-state index is 0.0766. The number of aliphatic hydroxyl groups excluding tert-OH is 1. The molecule has 3 saturated carbocycles. The molecule has 8 atom stereocenters. The number of aliphatic hydroxyl groups is 1. The summed E-state index contributed by atoms with van der Waals surface area (Å²) in [6.07, 6.45) is 17.2. The topological polar surface area (TPSA) is 20.2 Å². The van der Waals surface area contributed by atoms with Crippen LogP contribution >= 0.6 is 0 Å². The van der Waals surface area contributed by atoms with Gasteiger partial charge in [-0.15, -0.1) is 0 Å². The van der Waals surface area contributed by atoms with Crippen molar-refractivity contribution >= 4 is 0 Å². The molecule has 4 unspecified atom stereocenters. The number of allylic oxidation sites excluding steroid dienone is 1. The molecule has 160 valence electrons. The van der Waals surface area contributed by atoms with Crippen LogP contribution in [0.3, 0.4) is 0 Å². The number of hydrogen-bond donors (Lipinski definition) is 1. The Morgan fingerprint density at radius 2 is 1.79 bits per heavy atom. The molecule has 0 bridgehead atoms. The van der Waals surface area contributed by atoms with Gasteiger partial charge in [0.05, 0.1) is 6.10 Å². The fourth-order valence-corrected chi connectivity index (χ4v) is 8.67. The standard InChI is InChI=1S/C27H46O/c1-18(2)7-6-8-19(3)23-11-12-24-22-10-9-20-17-21(28)13-15-26(20,4)25(22)14-16-27(23,24)5/h9,18-19,21-25,28H,6-8,10-17H2,1-5H3/t19?,21-,22-,23?,24?,25?,26-,27+/m0/s1. The third-order valence-electron chi connectivity index (χ3n) is 10.3. The van der Waals surface area contributed by atoms with Crippen molar-refractivity contribution in [2.75, 3.05) is 0 Å². The molecule has 4 rings (SSSR count). The average molecular weight is 387 g/mol. The minimum atomic E-state index is -0.0766. The smallest absolute Gasteiger partial charge is 0.0577 e. The van der Waals surface area contributed by atoms with Gasteiger partial charge in [0.25, 0.3) is 0 Å². The van der Waals surface area contributed by atoms with E-state index in [9.17, 15) is 5.11 Å². The highest BCUT2D eigenvalue weighted by atomic mass is 16.3. The molecule has 4 aliphatic carbocycles. The summed E-state index contributed by atoms with van der Waals surface area (Å²) < 4.78 is 0. The fraction of sp³-hybridized carbons (Fsp3) is 0.926. The van der Waals surface area contributed by atoms with Gasteiger partial charge in [-0.25, -0.2) is 0 Å². The first-order valence-electron chi connectivity index (χ1n) is 12.6. The summed E-state index contributed by atoms with van der Waals surface area (Å²) in [6.45, 7) is 12.6. The van der Waals surface area contributed by atoms with Gasteiger partial charge in [-0.3, -0.25) is 0 Å². The second-order valence-corrected chi connectivity index (χ2v) is 12.2. The average Bonchev–Trinajstić information content (AvgIpc) is 2.99. The number of hydrogen-bond acceptors (Lipinski definition) is 1. The predicted octanol–water partition coefficient (Wildman–Crippen LogP) is 7.39. The lowest BCUT2D eigenvalue weighted by Crippen LogP contribution is -2.50. The van der Waals surface area contributed by atoms with Crippen molar-refractivity contribution in [2.45, 2.75) is 111 Å². The number of fused-ring (bicyclic) bond motifs is 5. The Bertz CT molecular complexity index is 591. The van der Waals surface area contributed by atoms with Crippen molar-refractivity contribution in [3.8, 4) is 0 Å². The first-order chi connectivity index (χ1) is 13.3. The van der Waals surface area contributed by atoms with Crippen LogP contribution in [-0.4, -0.2) is 11.2 Å². The van der Waals surface area contributed by atoms with Gasteiger partial charge < -0.3 is 5.11 Å². The molecule has 0 amide bonds. The molecule has 28 heavy (non-hydrogen) atoms. The molecular formula is C27H46O. The maximum atomic E-state index is 10.2. The second kappa shape index (κ2) is 7.75. The summed E-state index contributed by atoms with van der Waals surface area (Å²) in [5.74, 6) is 5.46. The maximum absolute atomic E-state index is 10.2. The van der Waals surface area contributed by atoms with Crippen molar-refractivity contribution in [1.82, 2.24) is 0 Å². The van der Waals surface area contributed by atoms with Gasteiger partial charge in [-0.2, -0.15) is 0 Å². The molecular weight excluding hydrogens is 340 g/mol. The molecule has 0 heterocycles. The van der Waals surface area contributed by atoms with Crippen LogP contribution in [0, 0.1) is 46.3 Å². The summed E-state index contributed by atoms with van der Waals surface area (Å²) >= 11 is 0. The van der Waals surface area contributed by atoms with Crippen molar-refractivity contribution in [3.05, 3.63) is 11.6 Å². The minimum Gasteiger partial charge on any atom is -0.393 e. The lowest BCUT2D eigenvalue weighted by Gasteiger charge is -2.58. The quantitative estimate of drug-likeness (QED) is 0.488. The molecule has 0 aromatic rings. The molecule has 0 aliphatic heterocycles. The predicted molar refractivity (Wildman–Crippen MR) is 119 cm³/mol. The van der Waals surface area contributed by atoms with E-state index in [1.807, 2.05) is 0 Å². The van der Waals surface area contributed by atoms with Gasteiger partial charge in [0.15, 0.2) is 0 Å². The molecule has 1 heteroatoms. The van der Waals surface area contributed by atoms with Gasteiger partial charge in [-0.05, 0) is 97.7 Å². The van der Waals surface area contributed by atoms with E-state index in [0.29, 0.717) is 10.8 Å². The first kappa shape index (κ1) is 21.0. The van der Waals surface area contributed by atoms with E-state index in [-0.39, 0.29) is 6.10 Å². The van der Waals surface area contributed by atoms with E-state index in [0.717, 1.165) is 48.3 Å². The van der Waals surface area contributed by atoms with Crippen molar-refractivity contribution in [2.24, 2.45) is 46.3 Å².